The van der Waals surface area contributed by atoms with Crippen LogP contribution in [0.5, 0.6) is 5.75 Å². The molecule has 2 aromatic rings. The van der Waals surface area contributed by atoms with E-state index >= 15 is 0 Å². The van der Waals surface area contributed by atoms with E-state index in [-0.39, 0.29) is 11.8 Å². The maximum absolute atomic E-state index is 14.6. The lowest BCUT2D eigenvalue weighted by Gasteiger charge is -2.37. The number of likely N-dealkylation sites (tertiary alicyclic amines) is 1. The topological polar surface area (TPSA) is 49.9 Å². The molecular formula is C26H29FN2O3. The van der Waals surface area contributed by atoms with Crippen molar-refractivity contribution in [2.75, 3.05) is 18.0 Å². The minimum absolute atomic E-state index is 0.0205. The number of halogens is 1. The molecule has 6 heteroatoms. The van der Waals surface area contributed by atoms with Crippen LogP contribution in [0, 0.1) is 17.7 Å². The van der Waals surface area contributed by atoms with E-state index in [2.05, 4.69) is 13.8 Å². The molecule has 0 bridgehead atoms. The van der Waals surface area contributed by atoms with Crippen LogP contribution in [0.15, 0.2) is 54.2 Å². The van der Waals surface area contributed by atoms with Crippen molar-refractivity contribution < 1.29 is 18.7 Å². The molecule has 2 aromatic carbocycles. The first-order chi connectivity index (χ1) is 15.3. The number of anilines is 1. The highest BCUT2D eigenvalue weighted by Gasteiger charge is 2.44. The summed E-state index contributed by atoms with van der Waals surface area (Å²) in [6.45, 7) is 9.55. The van der Waals surface area contributed by atoms with Crippen LogP contribution in [0.4, 0.5) is 10.1 Å². The first-order valence-corrected chi connectivity index (χ1v) is 11.2. The summed E-state index contributed by atoms with van der Waals surface area (Å²) in [6.07, 6.45) is 1.10. The molecule has 0 aliphatic carbocycles. The van der Waals surface area contributed by atoms with Gasteiger partial charge < -0.3 is 9.64 Å². The number of rotatable bonds is 5. The van der Waals surface area contributed by atoms with Gasteiger partial charge in [-0.3, -0.25) is 9.59 Å². The monoisotopic (exact) mass is 436 g/mol. The maximum atomic E-state index is 14.6. The van der Waals surface area contributed by atoms with Crippen LogP contribution < -0.4 is 9.64 Å². The Kier molecular flexibility index (Phi) is 6.04. The molecule has 0 radical (unpaired) electrons. The van der Waals surface area contributed by atoms with Gasteiger partial charge in [-0.1, -0.05) is 38.1 Å². The standard InChI is InChI=1S/C26H29FN2O3/c1-16(2)32-20-11-9-19(10-12-20)23-24(28-14-17(3)13-18(4)15-28)26(31)29(25(23)30)22-8-6-5-7-21(22)27/h5-12,16-18H,13-15H2,1-4H3. The zero-order valence-electron chi connectivity index (χ0n) is 19.0. The number of para-hydroxylation sites is 1. The van der Waals surface area contributed by atoms with Crippen LogP contribution in [0.25, 0.3) is 5.57 Å². The summed E-state index contributed by atoms with van der Waals surface area (Å²) in [7, 11) is 0. The third-order valence-corrected chi connectivity index (χ3v) is 5.85. The fourth-order valence-corrected chi connectivity index (χ4v) is 4.74. The molecule has 2 heterocycles. The number of carbonyl (C=O) groups is 2. The number of benzene rings is 2. The molecule has 2 aliphatic rings. The van der Waals surface area contributed by atoms with E-state index < -0.39 is 17.6 Å². The van der Waals surface area contributed by atoms with E-state index in [1.807, 2.05) is 18.7 Å². The summed E-state index contributed by atoms with van der Waals surface area (Å²) < 4.78 is 20.3. The Morgan fingerprint density at radius 1 is 0.938 bits per heavy atom. The fourth-order valence-electron chi connectivity index (χ4n) is 4.74. The van der Waals surface area contributed by atoms with Crippen molar-refractivity contribution >= 4 is 23.1 Å². The van der Waals surface area contributed by atoms with Crippen molar-refractivity contribution in [3.8, 4) is 5.75 Å². The molecule has 32 heavy (non-hydrogen) atoms. The van der Waals surface area contributed by atoms with Gasteiger partial charge in [0.15, 0.2) is 0 Å². The SMILES string of the molecule is CC1CC(C)CN(C2=C(c3ccc(OC(C)C)cc3)C(=O)N(c3ccccc3F)C2=O)C1. The molecule has 2 amide bonds. The summed E-state index contributed by atoms with van der Waals surface area (Å²) >= 11 is 0. The third kappa shape index (κ3) is 4.14. The van der Waals surface area contributed by atoms with Gasteiger partial charge in [-0.15, -0.1) is 0 Å². The highest BCUT2D eigenvalue weighted by Crippen LogP contribution is 2.38. The molecule has 1 saturated heterocycles. The number of ether oxygens (including phenoxy) is 1. The van der Waals surface area contributed by atoms with Gasteiger partial charge in [-0.25, -0.2) is 9.29 Å². The van der Waals surface area contributed by atoms with Gasteiger partial charge in [0.05, 0.1) is 17.4 Å². The van der Waals surface area contributed by atoms with Gasteiger partial charge in [-0.05, 0) is 61.9 Å². The second-order valence-electron chi connectivity index (χ2n) is 9.16. The van der Waals surface area contributed by atoms with Gasteiger partial charge in [0.25, 0.3) is 11.8 Å². The van der Waals surface area contributed by atoms with E-state index in [0.717, 1.165) is 11.3 Å². The molecule has 4 rings (SSSR count). The maximum Gasteiger partial charge on any atom is 0.282 e. The first-order valence-electron chi connectivity index (χ1n) is 11.2. The van der Waals surface area contributed by atoms with Crippen LogP contribution in [-0.2, 0) is 9.59 Å². The molecule has 168 valence electrons. The zero-order chi connectivity index (χ0) is 23.0. The van der Waals surface area contributed by atoms with Crippen molar-refractivity contribution in [1.82, 2.24) is 4.90 Å². The second-order valence-corrected chi connectivity index (χ2v) is 9.16. The van der Waals surface area contributed by atoms with Crippen LogP contribution in [-0.4, -0.2) is 35.9 Å². The summed E-state index contributed by atoms with van der Waals surface area (Å²) in [5, 5.41) is 0. The Bertz CT molecular complexity index is 1050. The lowest BCUT2D eigenvalue weighted by Crippen LogP contribution is -2.42. The summed E-state index contributed by atoms with van der Waals surface area (Å²) in [5.41, 5.74) is 1.27. The van der Waals surface area contributed by atoms with Crippen molar-refractivity contribution in [3.63, 3.8) is 0 Å². The van der Waals surface area contributed by atoms with Crippen LogP contribution in [0.3, 0.4) is 0 Å². The summed E-state index contributed by atoms with van der Waals surface area (Å²) in [6, 6.07) is 13.1. The van der Waals surface area contributed by atoms with Gasteiger partial charge >= 0.3 is 0 Å². The first kappa shape index (κ1) is 22.1. The third-order valence-electron chi connectivity index (χ3n) is 5.85. The smallest absolute Gasteiger partial charge is 0.282 e. The number of carbonyl (C=O) groups excluding carboxylic acids is 2. The van der Waals surface area contributed by atoms with E-state index in [4.69, 9.17) is 4.74 Å². The molecule has 0 saturated carbocycles. The normalized spacial score (nSPS) is 21.7. The second kappa shape index (κ2) is 8.77. The number of nitrogens with zero attached hydrogens (tertiary/aromatic N) is 2. The predicted molar refractivity (Wildman–Crippen MR) is 123 cm³/mol. The average Bonchev–Trinajstić information content (AvgIpc) is 2.98. The Hall–Kier alpha value is -3.15. The number of piperidine rings is 1. The molecule has 5 nitrogen and oxygen atoms in total. The molecular weight excluding hydrogens is 407 g/mol. The Morgan fingerprint density at radius 3 is 2.16 bits per heavy atom. The summed E-state index contributed by atoms with van der Waals surface area (Å²) in [5.74, 6) is -0.110. The lowest BCUT2D eigenvalue weighted by molar-refractivity contribution is -0.121. The molecule has 0 aromatic heterocycles. The molecule has 2 unspecified atom stereocenters. The van der Waals surface area contributed by atoms with Crippen LogP contribution in [0.2, 0.25) is 0 Å². The van der Waals surface area contributed by atoms with Crippen LogP contribution >= 0.6 is 0 Å². The Labute approximate surface area is 188 Å². The average molecular weight is 437 g/mol. The lowest BCUT2D eigenvalue weighted by atomic mass is 9.91. The molecule has 1 fully saturated rings. The zero-order valence-corrected chi connectivity index (χ0v) is 19.0. The van der Waals surface area contributed by atoms with E-state index in [1.165, 1.54) is 12.1 Å². The van der Waals surface area contributed by atoms with Crippen molar-refractivity contribution in [2.24, 2.45) is 11.8 Å². The van der Waals surface area contributed by atoms with E-state index in [9.17, 15) is 14.0 Å². The van der Waals surface area contributed by atoms with Gasteiger partial charge in [0.2, 0.25) is 0 Å². The summed E-state index contributed by atoms with van der Waals surface area (Å²) in [4.78, 5) is 30.1. The minimum Gasteiger partial charge on any atom is -0.491 e. The van der Waals surface area contributed by atoms with Gasteiger partial charge in [0, 0.05) is 13.1 Å². The molecule has 2 atom stereocenters. The number of hydrogen-bond acceptors (Lipinski definition) is 4. The molecule has 0 N–H and O–H groups in total. The number of hydrogen-bond donors (Lipinski definition) is 0. The Balaban J connectivity index is 1.80. The van der Waals surface area contributed by atoms with E-state index in [1.54, 1.807) is 36.4 Å². The largest absolute Gasteiger partial charge is 0.491 e. The van der Waals surface area contributed by atoms with E-state index in [0.29, 0.717) is 47.5 Å². The molecule has 0 spiro atoms. The van der Waals surface area contributed by atoms with Crippen molar-refractivity contribution in [3.05, 3.63) is 65.6 Å². The molecule has 2 aliphatic heterocycles. The van der Waals surface area contributed by atoms with Gasteiger partial charge in [-0.2, -0.15) is 0 Å². The minimum atomic E-state index is -0.601. The quantitative estimate of drug-likeness (QED) is 0.627. The van der Waals surface area contributed by atoms with Crippen LogP contribution in [0.1, 0.15) is 39.7 Å². The Morgan fingerprint density at radius 2 is 1.56 bits per heavy atom. The number of imide groups is 1. The fraction of sp³-hybridized carbons (Fsp3) is 0.385. The number of amides is 2. The highest BCUT2D eigenvalue weighted by molar-refractivity contribution is 6.45. The van der Waals surface area contributed by atoms with Crippen molar-refractivity contribution in [2.45, 2.75) is 40.2 Å². The highest BCUT2D eigenvalue weighted by atomic mass is 19.1. The predicted octanol–water partition coefficient (Wildman–Crippen LogP) is 4.88. The van der Waals surface area contributed by atoms with Crippen molar-refractivity contribution in [1.29, 1.82) is 0 Å². The van der Waals surface area contributed by atoms with Gasteiger partial charge in [0.1, 0.15) is 17.3 Å².